The highest BCUT2D eigenvalue weighted by Crippen LogP contribution is 2.21. The lowest BCUT2D eigenvalue weighted by atomic mass is 10.1. The van der Waals surface area contributed by atoms with Crippen molar-refractivity contribution in [2.75, 3.05) is 24.7 Å². The van der Waals surface area contributed by atoms with E-state index >= 15 is 0 Å². The molecule has 0 bridgehead atoms. The Morgan fingerprint density at radius 1 is 0.595 bits per heavy atom. The predicted molar refractivity (Wildman–Crippen MR) is 161 cm³/mol. The smallest absolute Gasteiger partial charge is 0.338 e. The second-order valence-corrected chi connectivity index (χ2v) is 10.7. The van der Waals surface area contributed by atoms with Gasteiger partial charge in [-0.15, -0.1) is 23.5 Å². The lowest BCUT2D eigenvalue weighted by molar-refractivity contribution is -0.144. The molecule has 0 heterocycles. The van der Waals surface area contributed by atoms with Gasteiger partial charge >= 0.3 is 23.9 Å². The first-order valence-corrected chi connectivity index (χ1v) is 14.8. The van der Waals surface area contributed by atoms with Gasteiger partial charge in [0.1, 0.15) is 25.4 Å². The van der Waals surface area contributed by atoms with Gasteiger partial charge in [0.15, 0.2) is 0 Å². The number of ether oxygens (including phenoxy) is 4. The highest BCUT2D eigenvalue weighted by molar-refractivity contribution is 7.99. The average molecular weight is 607 g/mol. The van der Waals surface area contributed by atoms with Crippen LogP contribution in [0.5, 0.6) is 0 Å². The van der Waals surface area contributed by atoms with E-state index in [1.54, 1.807) is 0 Å². The second kappa shape index (κ2) is 17.5. The minimum absolute atomic E-state index is 0.159. The standard InChI is InChI=1S/C32H30O8S2/c1-3-29(33)39-25(21-41-27-11-7-5-8-12-27)19-37-31(35)23-15-17-24(18-16-23)32(36)38-20-26(40-30(34)4-2)22-42-28-13-9-6-10-14-28/h3-18,25-26H,1-2,19-22H2. The van der Waals surface area contributed by atoms with Gasteiger partial charge in [0, 0.05) is 33.4 Å². The number of hydrogen-bond acceptors (Lipinski definition) is 10. The number of benzene rings is 3. The van der Waals surface area contributed by atoms with E-state index in [1.165, 1.54) is 47.8 Å². The van der Waals surface area contributed by atoms with Gasteiger partial charge in [-0.1, -0.05) is 49.6 Å². The van der Waals surface area contributed by atoms with Gasteiger partial charge in [-0.25, -0.2) is 19.2 Å². The number of thioether (sulfide) groups is 2. The molecule has 42 heavy (non-hydrogen) atoms. The summed E-state index contributed by atoms with van der Waals surface area (Å²) in [7, 11) is 0. The lowest BCUT2D eigenvalue weighted by Crippen LogP contribution is -2.27. The molecule has 0 saturated heterocycles. The molecule has 0 N–H and O–H groups in total. The quantitative estimate of drug-likeness (QED) is 0.0862. The molecule has 218 valence electrons. The Morgan fingerprint density at radius 3 is 1.29 bits per heavy atom. The van der Waals surface area contributed by atoms with Crippen LogP contribution in [0.3, 0.4) is 0 Å². The molecule has 10 heteroatoms. The van der Waals surface area contributed by atoms with Crippen LogP contribution in [-0.2, 0) is 28.5 Å². The van der Waals surface area contributed by atoms with Crippen LogP contribution < -0.4 is 0 Å². The Bertz CT molecular complexity index is 1240. The van der Waals surface area contributed by atoms with Gasteiger partial charge in [0.2, 0.25) is 0 Å². The molecule has 3 aromatic carbocycles. The molecule has 2 unspecified atom stereocenters. The molecule has 8 nitrogen and oxygen atoms in total. The fourth-order valence-corrected chi connectivity index (χ4v) is 5.10. The molecular weight excluding hydrogens is 576 g/mol. The third-order valence-corrected chi connectivity index (χ3v) is 7.70. The summed E-state index contributed by atoms with van der Waals surface area (Å²) in [5.74, 6) is -1.79. The van der Waals surface area contributed by atoms with Crippen molar-refractivity contribution in [2.24, 2.45) is 0 Å². The van der Waals surface area contributed by atoms with Crippen LogP contribution in [0, 0.1) is 0 Å². The van der Waals surface area contributed by atoms with Gasteiger partial charge in [-0.05, 0) is 48.5 Å². The third-order valence-electron chi connectivity index (χ3n) is 5.41. The zero-order valence-corrected chi connectivity index (χ0v) is 24.4. The molecule has 0 aliphatic rings. The van der Waals surface area contributed by atoms with E-state index in [2.05, 4.69) is 13.2 Å². The average Bonchev–Trinajstić information content (AvgIpc) is 3.04. The molecule has 3 aromatic rings. The maximum Gasteiger partial charge on any atom is 0.338 e. The van der Waals surface area contributed by atoms with Crippen molar-refractivity contribution in [1.29, 1.82) is 0 Å². The molecule has 0 aliphatic heterocycles. The van der Waals surface area contributed by atoms with Crippen LogP contribution in [-0.4, -0.2) is 60.8 Å². The number of hydrogen-bond donors (Lipinski definition) is 0. The SMILES string of the molecule is C=CC(=O)OC(COC(=O)c1ccc(C(=O)OCC(CSc2ccccc2)OC(=O)C=C)cc1)CSc1ccccc1. The second-order valence-electron chi connectivity index (χ2n) is 8.55. The molecule has 0 radical (unpaired) electrons. The minimum atomic E-state index is -0.693. The van der Waals surface area contributed by atoms with Crippen LogP contribution >= 0.6 is 23.5 Å². The zero-order chi connectivity index (χ0) is 30.2. The lowest BCUT2D eigenvalue weighted by Gasteiger charge is -2.17. The van der Waals surface area contributed by atoms with Crippen molar-refractivity contribution < 1.29 is 38.1 Å². The molecule has 0 amide bonds. The molecule has 2 atom stereocenters. The van der Waals surface area contributed by atoms with E-state index in [0.29, 0.717) is 11.5 Å². The number of carbonyl (C=O) groups excluding carboxylic acids is 4. The summed E-state index contributed by atoms with van der Waals surface area (Å²) in [6.45, 7) is 6.49. The molecule has 0 aliphatic carbocycles. The zero-order valence-electron chi connectivity index (χ0n) is 22.7. The van der Waals surface area contributed by atoms with Gasteiger partial charge in [-0.2, -0.15) is 0 Å². The molecule has 3 rings (SSSR count). The van der Waals surface area contributed by atoms with Crippen LogP contribution in [0.2, 0.25) is 0 Å². The Hall–Kier alpha value is -4.28. The third kappa shape index (κ3) is 11.3. The van der Waals surface area contributed by atoms with Gasteiger partial charge in [0.05, 0.1) is 11.1 Å². The fourth-order valence-electron chi connectivity index (χ4n) is 3.32. The normalized spacial score (nSPS) is 11.8. The Kier molecular flexibility index (Phi) is 13.4. The highest BCUT2D eigenvalue weighted by atomic mass is 32.2. The van der Waals surface area contributed by atoms with Crippen molar-refractivity contribution >= 4 is 47.4 Å². The van der Waals surface area contributed by atoms with Gasteiger partial charge in [-0.3, -0.25) is 0 Å². The van der Waals surface area contributed by atoms with E-state index < -0.39 is 36.1 Å². The van der Waals surface area contributed by atoms with Crippen LogP contribution in [0.25, 0.3) is 0 Å². The summed E-state index contributed by atoms with van der Waals surface area (Å²) in [5.41, 5.74) is 0.404. The van der Waals surface area contributed by atoms with Crippen molar-refractivity contribution in [2.45, 2.75) is 22.0 Å². The number of rotatable bonds is 16. The van der Waals surface area contributed by atoms with Crippen LogP contribution in [0.15, 0.2) is 120 Å². The Balaban J connectivity index is 1.52. The Labute approximate surface area is 253 Å². The van der Waals surface area contributed by atoms with Crippen LogP contribution in [0.4, 0.5) is 0 Å². The van der Waals surface area contributed by atoms with Crippen molar-refractivity contribution in [3.63, 3.8) is 0 Å². The molecule has 0 saturated carbocycles. The first-order chi connectivity index (χ1) is 20.4. The van der Waals surface area contributed by atoms with Crippen LogP contribution in [0.1, 0.15) is 20.7 Å². The predicted octanol–water partition coefficient (Wildman–Crippen LogP) is 5.78. The monoisotopic (exact) mass is 606 g/mol. The topological polar surface area (TPSA) is 105 Å². The molecule has 0 spiro atoms. The molecular formula is C32H30O8S2. The largest absolute Gasteiger partial charge is 0.458 e. The molecule has 0 fully saturated rings. The maximum absolute atomic E-state index is 12.6. The number of carbonyl (C=O) groups is 4. The van der Waals surface area contributed by atoms with E-state index in [1.807, 2.05) is 60.7 Å². The highest BCUT2D eigenvalue weighted by Gasteiger charge is 2.20. The van der Waals surface area contributed by atoms with Gasteiger partial charge in [0.25, 0.3) is 0 Å². The van der Waals surface area contributed by atoms with Crippen molar-refractivity contribution in [1.82, 2.24) is 0 Å². The minimum Gasteiger partial charge on any atom is -0.458 e. The summed E-state index contributed by atoms with van der Waals surface area (Å²) in [5, 5.41) is 0. The first-order valence-electron chi connectivity index (χ1n) is 12.8. The number of esters is 4. The Morgan fingerprint density at radius 2 is 0.952 bits per heavy atom. The molecule has 0 aromatic heterocycles. The fraction of sp³-hybridized carbons (Fsp3) is 0.188. The van der Waals surface area contributed by atoms with E-state index in [-0.39, 0.29) is 24.3 Å². The first kappa shape index (κ1) is 32.2. The summed E-state index contributed by atoms with van der Waals surface area (Å²) in [6.07, 6.45) is 0.713. The van der Waals surface area contributed by atoms with E-state index in [0.717, 1.165) is 21.9 Å². The van der Waals surface area contributed by atoms with Gasteiger partial charge < -0.3 is 18.9 Å². The summed E-state index contributed by atoms with van der Waals surface area (Å²) in [4.78, 5) is 50.7. The summed E-state index contributed by atoms with van der Waals surface area (Å²) < 4.78 is 21.4. The maximum atomic E-state index is 12.6. The van der Waals surface area contributed by atoms with Crippen molar-refractivity contribution in [3.05, 3.63) is 121 Å². The summed E-state index contributed by atoms with van der Waals surface area (Å²) >= 11 is 2.92. The summed E-state index contributed by atoms with van der Waals surface area (Å²) in [6, 6.07) is 24.8. The van der Waals surface area contributed by atoms with Crippen molar-refractivity contribution in [3.8, 4) is 0 Å². The van der Waals surface area contributed by atoms with E-state index in [9.17, 15) is 19.2 Å². The van der Waals surface area contributed by atoms with E-state index in [4.69, 9.17) is 18.9 Å².